The van der Waals surface area contributed by atoms with Gasteiger partial charge in [0.15, 0.2) is 0 Å². The monoisotopic (exact) mass is 290 g/mol. The highest BCUT2D eigenvalue weighted by atomic mass is 32.2. The number of rotatable bonds is 3. The van der Waals surface area contributed by atoms with Crippen molar-refractivity contribution in [2.24, 2.45) is 5.92 Å². The van der Waals surface area contributed by atoms with Crippen molar-refractivity contribution < 1.29 is 13.2 Å². The van der Waals surface area contributed by atoms with Crippen LogP contribution in [0.4, 0.5) is 0 Å². The molecule has 1 N–H and O–H groups in total. The summed E-state index contributed by atoms with van der Waals surface area (Å²) in [6.45, 7) is 3.38. The van der Waals surface area contributed by atoms with Crippen molar-refractivity contribution in [1.29, 1.82) is 0 Å². The van der Waals surface area contributed by atoms with Crippen LogP contribution in [0.5, 0.6) is 0 Å². The molecular weight excluding hydrogens is 268 g/mol. The lowest BCUT2D eigenvalue weighted by Crippen LogP contribution is -2.54. The normalized spacial score (nSPS) is 26.1. The molecule has 2 heterocycles. The third-order valence-electron chi connectivity index (χ3n) is 3.75. The quantitative estimate of drug-likeness (QED) is 0.690. The van der Waals surface area contributed by atoms with E-state index >= 15 is 0 Å². The van der Waals surface area contributed by atoms with Crippen LogP contribution in [0.15, 0.2) is 0 Å². The lowest BCUT2D eigenvalue weighted by Gasteiger charge is -2.36. The first kappa shape index (κ1) is 14.7. The van der Waals surface area contributed by atoms with Crippen molar-refractivity contribution in [3.05, 3.63) is 0 Å². The summed E-state index contributed by atoms with van der Waals surface area (Å²) in [5, 5.41) is 3.18. The molecule has 2 aliphatic rings. The van der Waals surface area contributed by atoms with E-state index < -0.39 is 10.2 Å². The van der Waals surface area contributed by atoms with E-state index in [0.717, 1.165) is 19.5 Å². The van der Waals surface area contributed by atoms with E-state index in [4.69, 9.17) is 0 Å². The zero-order valence-corrected chi connectivity index (χ0v) is 12.3. The summed E-state index contributed by atoms with van der Waals surface area (Å²) in [5.41, 5.74) is 0. The summed E-state index contributed by atoms with van der Waals surface area (Å²) < 4.78 is 26.6. The molecule has 1 atom stereocenters. The molecule has 0 aromatic rings. The average Bonchev–Trinajstić information content (AvgIpc) is 2.91. The number of carbonyl (C=O) groups is 1. The van der Waals surface area contributed by atoms with Gasteiger partial charge >= 0.3 is 0 Å². The minimum absolute atomic E-state index is 0.0667. The lowest BCUT2D eigenvalue weighted by atomic mass is 10.1. The number of hydrogen-bond donors (Lipinski definition) is 1. The molecule has 19 heavy (non-hydrogen) atoms. The first-order chi connectivity index (χ1) is 8.93. The van der Waals surface area contributed by atoms with Gasteiger partial charge in [-0.15, -0.1) is 0 Å². The van der Waals surface area contributed by atoms with Gasteiger partial charge in [0, 0.05) is 46.8 Å². The molecule has 0 aromatic carbocycles. The van der Waals surface area contributed by atoms with Gasteiger partial charge in [-0.2, -0.15) is 17.0 Å². The lowest BCUT2D eigenvalue weighted by molar-refractivity contribution is -0.136. The maximum absolute atomic E-state index is 12.2. The van der Waals surface area contributed by atoms with Crippen LogP contribution in [0.2, 0.25) is 0 Å². The Morgan fingerprint density at radius 3 is 2.32 bits per heavy atom. The molecule has 0 bridgehead atoms. The number of hydrogen-bond acceptors (Lipinski definition) is 4. The minimum Gasteiger partial charge on any atom is -0.340 e. The largest absolute Gasteiger partial charge is 0.340 e. The molecular formula is C11H22N4O3S. The maximum Gasteiger partial charge on any atom is 0.281 e. The fraction of sp³-hybridized carbons (Fsp3) is 0.909. The third-order valence-corrected chi connectivity index (χ3v) is 5.69. The van der Waals surface area contributed by atoms with Gasteiger partial charge in [0.25, 0.3) is 10.2 Å². The van der Waals surface area contributed by atoms with Crippen molar-refractivity contribution in [3.8, 4) is 0 Å². The fourth-order valence-corrected chi connectivity index (χ4v) is 3.58. The second kappa shape index (κ2) is 5.74. The predicted octanol–water partition coefficient (Wildman–Crippen LogP) is -1.45. The molecule has 2 saturated heterocycles. The highest BCUT2D eigenvalue weighted by Gasteiger charge is 2.33. The Bertz CT molecular complexity index is 423. The number of nitrogens with zero attached hydrogens (tertiary/aromatic N) is 3. The Balaban J connectivity index is 1.90. The summed E-state index contributed by atoms with van der Waals surface area (Å²) in [5.74, 6) is 0.226. The second-order valence-corrected chi connectivity index (χ2v) is 7.35. The van der Waals surface area contributed by atoms with E-state index in [1.807, 2.05) is 0 Å². The van der Waals surface area contributed by atoms with Gasteiger partial charge in [0.2, 0.25) is 5.91 Å². The van der Waals surface area contributed by atoms with E-state index in [0.29, 0.717) is 26.2 Å². The molecule has 0 aromatic heterocycles. The predicted molar refractivity (Wildman–Crippen MR) is 71.7 cm³/mol. The molecule has 0 aliphatic carbocycles. The highest BCUT2D eigenvalue weighted by Crippen LogP contribution is 2.15. The van der Waals surface area contributed by atoms with Crippen LogP contribution in [0.1, 0.15) is 6.42 Å². The van der Waals surface area contributed by atoms with Crippen molar-refractivity contribution in [1.82, 2.24) is 18.8 Å². The van der Waals surface area contributed by atoms with Crippen LogP contribution >= 0.6 is 0 Å². The van der Waals surface area contributed by atoms with Crippen LogP contribution in [0.25, 0.3) is 0 Å². The van der Waals surface area contributed by atoms with E-state index in [2.05, 4.69) is 5.32 Å². The van der Waals surface area contributed by atoms with E-state index in [9.17, 15) is 13.2 Å². The minimum atomic E-state index is -3.35. The van der Waals surface area contributed by atoms with Gasteiger partial charge in [-0.25, -0.2) is 0 Å². The molecule has 110 valence electrons. The van der Waals surface area contributed by atoms with Crippen molar-refractivity contribution >= 4 is 16.1 Å². The van der Waals surface area contributed by atoms with Crippen LogP contribution in [0, 0.1) is 5.92 Å². The smallest absolute Gasteiger partial charge is 0.281 e. The Kier molecular flexibility index (Phi) is 4.44. The van der Waals surface area contributed by atoms with Gasteiger partial charge in [0.1, 0.15) is 0 Å². The molecule has 1 amide bonds. The summed E-state index contributed by atoms with van der Waals surface area (Å²) in [6, 6.07) is 0. The SMILES string of the molecule is CN(C)S(=O)(=O)N1CCN(C(=O)C2CCNC2)CC1. The fourth-order valence-electron chi connectivity index (χ4n) is 2.49. The molecule has 0 spiro atoms. The summed E-state index contributed by atoms with van der Waals surface area (Å²) >= 11 is 0. The Morgan fingerprint density at radius 2 is 1.84 bits per heavy atom. The highest BCUT2D eigenvalue weighted by molar-refractivity contribution is 7.86. The summed E-state index contributed by atoms with van der Waals surface area (Å²) in [6.07, 6.45) is 0.884. The van der Waals surface area contributed by atoms with Crippen LogP contribution < -0.4 is 5.32 Å². The topological polar surface area (TPSA) is 73.0 Å². The first-order valence-corrected chi connectivity index (χ1v) is 7.99. The average molecular weight is 290 g/mol. The van der Waals surface area contributed by atoms with Gasteiger partial charge in [-0.05, 0) is 13.0 Å². The number of piperazine rings is 1. The molecule has 7 nitrogen and oxygen atoms in total. The second-order valence-electron chi connectivity index (χ2n) is 5.20. The number of amides is 1. The van der Waals surface area contributed by atoms with E-state index in [-0.39, 0.29) is 11.8 Å². The molecule has 0 saturated carbocycles. The van der Waals surface area contributed by atoms with E-state index in [1.165, 1.54) is 22.7 Å². The first-order valence-electron chi connectivity index (χ1n) is 6.60. The molecule has 2 fully saturated rings. The molecule has 2 rings (SSSR count). The molecule has 0 radical (unpaired) electrons. The summed E-state index contributed by atoms with van der Waals surface area (Å²) in [4.78, 5) is 14.0. The maximum atomic E-state index is 12.2. The van der Waals surface area contributed by atoms with Crippen LogP contribution in [0.3, 0.4) is 0 Å². The Morgan fingerprint density at radius 1 is 1.21 bits per heavy atom. The van der Waals surface area contributed by atoms with Gasteiger partial charge in [-0.1, -0.05) is 0 Å². The van der Waals surface area contributed by atoms with Crippen molar-refractivity contribution in [2.45, 2.75) is 6.42 Å². The van der Waals surface area contributed by atoms with E-state index in [1.54, 1.807) is 4.90 Å². The number of carbonyl (C=O) groups excluding carboxylic acids is 1. The van der Waals surface area contributed by atoms with Gasteiger partial charge < -0.3 is 10.2 Å². The van der Waals surface area contributed by atoms with Crippen molar-refractivity contribution in [3.63, 3.8) is 0 Å². The zero-order valence-electron chi connectivity index (χ0n) is 11.5. The Hall–Kier alpha value is -0.700. The van der Waals surface area contributed by atoms with Crippen LogP contribution in [-0.4, -0.2) is 81.2 Å². The van der Waals surface area contributed by atoms with Gasteiger partial charge in [0.05, 0.1) is 5.92 Å². The zero-order chi connectivity index (χ0) is 14.0. The third kappa shape index (κ3) is 3.07. The molecule has 8 heteroatoms. The standard InChI is InChI=1S/C11H22N4O3S/c1-13(2)19(17,18)15-7-5-14(6-8-15)11(16)10-3-4-12-9-10/h10,12H,3-9H2,1-2H3. The van der Waals surface area contributed by atoms with Gasteiger partial charge in [-0.3, -0.25) is 4.79 Å². The van der Waals surface area contributed by atoms with Crippen LogP contribution in [-0.2, 0) is 15.0 Å². The Labute approximate surface area is 114 Å². The molecule has 1 unspecified atom stereocenters. The molecule has 2 aliphatic heterocycles. The van der Waals surface area contributed by atoms with Crippen molar-refractivity contribution in [2.75, 3.05) is 53.4 Å². The summed E-state index contributed by atoms with van der Waals surface area (Å²) in [7, 11) is -0.302. The number of nitrogens with one attached hydrogen (secondary N) is 1.